The molecule has 0 bridgehead atoms. The molecule has 0 aromatic carbocycles. The van der Waals surface area contributed by atoms with Gasteiger partial charge in [0.05, 0.1) is 5.92 Å². The van der Waals surface area contributed by atoms with E-state index in [4.69, 9.17) is 14.2 Å². The summed E-state index contributed by atoms with van der Waals surface area (Å²) < 4.78 is 44.7. The maximum atomic E-state index is 14.6. The van der Waals surface area contributed by atoms with E-state index in [-0.39, 0.29) is 13.1 Å². The van der Waals surface area contributed by atoms with E-state index in [0.717, 1.165) is 0 Å². The van der Waals surface area contributed by atoms with Crippen LogP contribution in [0.25, 0.3) is 0 Å². The molecule has 146 valence electrons. The highest BCUT2D eigenvalue weighted by atomic mass is 19.3. The molecule has 6 nitrogen and oxygen atoms in total. The van der Waals surface area contributed by atoms with E-state index in [1.165, 1.54) is 31.5 Å². The van der Waals surface area contributed by atoms with E-state index in [2.05, 4.69) is 4.98 Å². The smallest absolute Gasteiger partial charge is 0.410 e. The van der Waals surface area contributed by atoms with Gasteiger partial charge in [0.15, 0.2) is 6.29 Å². The van der Waals surface area contributed by atoms with Gasteiger partial charge >= 0.3 is 6.09 Å². The Morgan fingerprint density at radius 1 is 1.31 bits per heavy atom. The third kappa shape index (κ3) is 4.88. The van der Waals surface area contributed by atoms with Crippen molar-refractivity contribution in [2.45, 2.75) is 50.9 Å². The number of halogens is 2. The summed E-state index contributed by atoms with van der Waals surface area (Å²) in [6.07, 6.45) is 1.19. The summed E-state index contributed by atoms with van der Waals surface area (Å²) in [5.41, 5.74) is 0.190. The zero-order valence-corrected chi connectivity index (χ0v) is 15.8. The molecule has 2 rings (SSSR count). The molecule has 0 aliphatic carbocycles. The Bertz CT molecular complexity index is 630. The van der Waals surface area contributed by atoms with Crippen LogP contribution in [0.4, 0.5) is 13.6 Å². The molecule has 0 saturated carbocycles. The highest BCUT2D eigenvalue weighted by Crippen LogP contribution is 2.41. The molecule has 0 spiro atoms. The first kappa shape index (κ1) is 20.5. The summed E-state index contributed by atoms with van der Waals surface area (Å²) in [5, 5.41) is 0. The van der Waals surface area contributed by atoms with Crippen molar-refractivity contribution >= 4 is 6.09 Å². The number of alkyl halides is 2. The minimum atomic E-state index is -2.95. The monoisotopic (exact) mass is 372 g/mol. The molecule has 0 N–H and O–H groups in total. The zero-order valence-electron chi connectivity index (χ0n) is 15.8. The zero-order chi connectivity index (χ0) is 19.5. The van der Waals surface area contributed by atoms with E-state index >= 15 is 0 Å². The van der Waals surface area contributed by atoms with Gasteiger partial charge in [-0.05, 0) is 32.4 Å². The molecule has 8 heteroatoms. The summed E-state index contributed by atoms with van der Waals surface area (Å²) in [6, 6.07) is 1.59. The Kier molecular flexibility index (Phi) is 6.18. The molecule has 1 amide bonds. The topological polar surface area (TPSA) is 60.9 Å². The summed E-state index contributed by atoms with van der Waals surface area (Å²) in [4.78, 5) is 17.6. The van der Waals surface area contributed by atoms with E-state index in [1.807, 2.05) is 0 Å². The van der Waals surface area contributed by atoms with E-state index in [1.54, 1.807) is 26.8 Å². The Labute approximate surface area is 152 Å². The summed E-state index contributed by atoms with van der Waals surface area (Å²) in [7, 11) is 2.92. The van der Waals surface area contributed by atoms with Crippen LogP contribution in [0.5, 0.6) is 0 Å². The lowest BCUT2D eigenvalue weighted by atomic mass is 9.87. The van der Waals surface area contributed by atoms with Gasteiger partial charge in [-0.15, -0.1) is 0 Å². The fourth-order valence-electron chi connectivity index (χ4n) is 2.91. The Hall–Kier alpha value is -1.80. The molecule has 1 unspecified atom stereocenters. The molecule has 1 aliphatic rings. The summed E-state index contributed by atoms with van der Waals surface area (Å²) in [5.74, 6) is -4.13. The minimum Gasteiger partial charge on any atom is -0.444 e. The number of hydrogen-bond donors (Lipinski definition) is 0. The number of likely N-dealkylation sites (tertiary alicyclic amines) is 1. The van der Waals surface area contributed by atoms with Gasteiger partial charge in [0.25, 0.3) is 5.92 Å². The number of pyridine rings is 1. The van der Waals surface area contributed by atoms with Crippen molar-refractivity contribution in [2.75, 3.05) is 27.3 Å². The van der Waals surface area contributed by atoms with Crippen molar-refractivity contribution in [1.82, 2.24) is 9.88 Å². The number of piperidine rings is 1. The maximum Gasteiger partial charge on any atom is 0.410 e. The highest BCUT2D eigenvalue weighted by Gasteiger charge is 2.46. The number of carbonyl (C=O) groups is 1. The number of methoxy groups -OCH3 is 2. The van der Waals surface area contributed by atoms with Crippen molar-refractivity contribution in [3.63, 3.8) is 0 Å². The molecule has 26 heavy (non-hydrogen) atoms. The van der Waals surface area contributed by atoms with E-state index in [9.17, 15) is 13.6 Å². The standard InChI is InChI=1S/C18H26F2N2O4/c1-17(2,3)26-16(23)22-7-6-18(19,20)14(11-22)12-8-13(10-21-9-12)15(24-4)25-5/h8-10,14-15H,6-7,11H2,1-5H3. The Morgan fingerprint density at radius 2 is 1.96 bits per heavy atom. The van der Waals surface area contributed by atoms with Crippen LogP contribution in [0.1, 0.15) is 50.5 Å². The molecule has 2 heterocycles. The number of carbonyl (C=O) groups excluding carboxylic acids is 1. The SMILES string of the molecule is COC(OC)c1cncc(C2CN(C(=O)OC(C)(C)C)CCC2(F)F)c1. The van der Waals surface area contributed by atoms with Gasteiger partial charge in [-0.25, -0.2) is 13.6 Å². The average molecular weight is 372 g/mol. The van der Waals surface area contributed by atoms with Crippen LogP contribution < -0.4 is 0 Å². The fourth-order valence-corrected chi connectivity index (χ4v) is 2.91. The molecule has 1 aromatic rings. The maximum absolute atomic E-state index is 14.6. The lowest BCUT2D eigenvalue weighted by Gasteiger charge is -2.39. The molecule has 1 atom stereocenters. The van der Waals surface area contributed by atoms with E-state index in [0.29, 0.717) is 11.1 Å². The molecule has 1 aliphatic heterocycles. The lowest BCUT2D eigenvalue weighted by molar-refractivity contribution is -0.106. The number of amides is 1. The number of ether oxygens (including phenoxy) is 3. The van der Waals surface area contributed by atoms with Crippen molar-refractivity contribution < 1.29 is 27.8 Å². The second-order valence-electron chi connectivity index (χ2n) is 7.34. The molecule has 1 fully saturated rings. The van der Waals surface area contributed by atoms with Crippen molar-refractivity contribution in [3.8, 4) is 0 Å². The first-order valence-electron chi connectivity index (χ1n) is 8.43. The predicted molar refractivity (Wildman–Crippen MR) is 91.1 cm³/mol. The summed E-state index contributed by atoms with van der Waals surface area (Å²) in [6.45, 7) is 5.03. The number of aromatic nitrogens is 1. The van der Waals surface area contributed by atoms with Crippen LogP contribution in [0.3, 0.4) is 0 Å². The molecular weight excluding hydrogens is 346 g/mol. The van der Waals surface area contributed by atoms with Crippen molar-refractivity contribution in [2.24, 2.45) is 0 Å². The fraction of sp³-hybridized carbons (Fsp3) is 0.667. The van der Waals surface area contributed by atoms with Gasteiger partial charge < -0.3 is 19.1 Å². The predicted octanol–water partition coefficient (Wildman–Crippen LogP) is 3.73. The van der Waals surface area contributed by atoms with Gasteiger partial charge in [-0.2, -0.15) is 0 Å². The van der Waals surface area contributed by atoms with Crippen molar-refractivity contribution in [3.05, 3.63) is 29.6 Å². The molecular formula is C18H26F2N2O4. The number of nitrogens with zero attached hydrogens (tertiary/aromatic N) is 2. The Morgan fingerprint density at radius 3 is 2.54 bits per heavy atom. The second-order valence-corrected chi connectivity index (χ2v) is 7.34. The third-order valence-corrected chi connectivity index (χ3v) is 4.16. The molecule has 0 radical (unpaired) electrons. The lowest BCUT2D eigenvalue weighted by Crippen LogP contribution is -2.49. The van der Waals surface area contributed by atoms with Crippen LogP contribution in [0.2, 0.25) is 0 Å². The quantitative estimate of drug-likeness (QED) is 0.754. The van der Waals surface area contributed by atoms with E-state index < -0.39 is 36.2 Å². The van der Waals surface area contributed by atoms with Gasteiger partial charge in [-0.3, -0.25) is 4.98 Å². The van der Waals surface area contributed by atoms with Gasteiger partial charge in [0.2, 0.25) is 0 Å². The minimum absolute atomic E-state index is 0.0513. The second kappa shape index (κ2) is 7.84. The van der Waals surface area contributed by atoms with Gasteiger partial charge in [0.1, 0.15) is 5.60 Å². The first-order valence-corrected chi connectivity index (χ1v) is 8.43. The average Bonchev–Trinajstić information content (AvgIpc) is 2.54. The number of hydrogen-bond acceptors (Lipinski definition) is 5. The van der Waals surface area contributed by atoms with Gasteiger partial charge in [-0.1, -0.05) is 0 Å². The largest absolute Gasteiger partial charge is 0.444 e. The van der Waals surface area contributed by atoms with Crippen LogP contribution in [0, 0.1) is 0 Å². The van der Waals surface area contributed by atoms with Crippen LogP contribution in [-0.4, -0.2) is 54.8 Å². The van der Waals surface area contributed by atoms with Crippen LogP contribution >= 0.6 is 0 Å². The van der Waals surface area contributed by atoms with Gasteiger partial charge in [0, 0.05) is 51.7 Å². The molecule has 1 saturated heterocycles. The number of rotatable bonds is 4. The first-order chi connectivity index (χ1) is 12.1. The highest BCUT2D eigenvalue weighted by molar-refractivity contribution is 5.68. The van der Waals surface area contributed by atoms with Crippen LogP contribution in [0.15, 0.2) is 18.5 Å². The normalized spacial score (nSPS) is 20.3. The Balaban J connectivity index is 2.25. The molecule has 1 aromatic heterocycles. The van der Waals surface area contributed by atoms with Crippen LogP contribution in [-0.2, 0) is 14.2 Å². The third-order valence-electron chi connectivity index (χ3n) is 4.16. The van der Waals surface area contributed by atoms with Crippen molar-refractivity contribution in [1.29, 1.82) is 0 Å². The summed E-state index contributed by atoms with van der Waals surface area (Å²) >= 11 is 0.